The van der Waals surface area contributed by atoms with Gasteiger partial charge in [-0.05, 0) is 31.7 Å². The monoisotopic (exact) mass is 325 g/mol. The van der Waals surface area contributed by atoms with Crippen molar-refractivity contribution in [1.82, 2.24) is 14.4 Å². The summed E-state index contributed by atoms with van der Waals surface area (Å²) < 4.78 is 32.1. The molecule has 1 saturated heterocycles. The Bertz CT molecular complexity index is 755. The van der Waals surface area contributed by atoms with Gasteiger partial charge in [0.25, 0.3) is 10.0 Å². The number of hydrogen-bond acceptors (Lipinski definition) is 6. The molecule has 0 spiro atoms. The van der Waals surface area contributed by atoms with Gasteiger partial charge in [0.2, 0.25) is 11.7 Å². The summed E-state index contributed by atoms with van der Waals surface area (Å²) in [7, 11) is -3.36. The third-order valence-electron chi connectivity index (χ3n) is 3.86. The van der Waals surface area contributed by atoms with Crippen LogP contribution in [-0.4, -0.2) is 36.0 Å². The van der Waals surface area contributed by atoms with Gasteiger partial charge < -0.3 is 4.52 Å². The molecule has 0 unspecified atom stereocenters. The van der Waals surface area contributed by atoms with Crippen LogP contribution >= 0.6 is 11.3 Å². The molecular weight excluding hydrogens is 310 g/mol. The van der Waals surface area contributed by atoms with E-state index >= 15 is 0 Å². The van der Waals surface area contributed by atoms with Crippen LogP contribution in [0.2, 0.25) is 0 Å². The lowest BCUT2D eigenvalue weighted by atomic mass is 10.3. The molecule has 2 fully saturated rings. The first kappa shape index (κ1) is 13.4. The van der Waals surface area contributed by atoms with Crippen molar-refractivity contribution in [3.63, 3.8) is 0 Å². The summed E-state index contributed by atoms with van der Waals surface area (Å²) in [6.45, 7) is 1.23. The second-order valence-corrected chi connectivity index (χ2v) is 8.57. The molecule has 1 saturated carbocycles. The number of thiophene rings is 1. The third kappa shape index (κ3) is 2.41. The zero-order chi connectivity index (χ0) is 14.4. The minimum Gasteiger partial charge on any atom is -0.339 e. The van der Waals surface area contributed by atoms with Gasteiger partial charge in [0.15, 0.2) is 0 Å². The average Bonchev–Trinajstić information content (AvgIpc) is 2.99. The fourth-order valence-corrected chi connectivity index (χ4v) is 5.30. The molecule has 2 aliphatic rings. The smallest absolute Gasteiger partial charge is 0.252 e. The van der Waals surface area contributed by atoms with Crippen LogP contribution in [0.25, 0.3) is 11.4 Å². The largest absolute Gasteiger partial charge is 0.339 e. The third-order valence-corrected chi connectivity index (χ3v) is 7.17. The molecule has 6 nitrogen and oxygen atoms in total. The number of rotatable bonds is 4. The molecule has 0 N–H and O–H groups in total. The van der Waals surface area contributed by atoms with Crippen molar-refractivity contribution in [2.45, 2.75) is 35.8 Å². The van der Waals surface area contributed by atoms with E-state index in [0.29, 0.717) is 40.5 Å². The highest BCUT2D eigenvalue weighted by atomic mass is 32.2. The second kappa shape index (κ2) is 4.89. The number of hydrogen-bond donors (Lipinski definition) is 0. The molecule has 0 atom stereocenters. The molecule has 3 heterocycles. The van der Waals surface area contributed by atoms with Crippen molar-refractivity contribution in [3.05, 3.63) is 17.3 Å². The van der Waals surface area contributed by atoms with E-state index < -0.39 is 10.0 Å². The van der Waals surface area contributed by atoms with Crippen LogP contribution in [0.5, 0.6) is 0 Å². The van der Waals surface area contributed by atoms with Crippen molar-refractivity contribution in [1.29, 1.82) is 0 Å². The summed E-state index contributed by atoms with van der Waals surface area (Å²) in [5.74, 6) is 1.55. The fraction of sp³-hybridized carbons (Fsp3) is 0.538. The van der Waals surface area contributed by atoms with E-state index in [-0.39, 0.29) is 0 Å². The Morgan fingerprint density at radius 3 is 2.76 bits per heavy atom. The minimum absolute atomic E-state index is 0.358. The predicted molar refractivity (Wildman–Crippen MR) is 77.6 cm³/mol. The van der Waals surface area contributed by atoms with Crippen molar-refractivity contribution >= 4 is 21.4 Å². The van der Waals surface area contributed by atoms with Gasteiger partial charge in [0.05, 0.1) is 0 Å². The van der Waals surface area contributed by atoms with Gasteiger partial charge in [-0.15, -0.1) is 11.3 Å². The topological polar surface area (TPSA) is 76.3 Å². The highest BCUT2D eigenvalue weighted by Gasteiger charge is 2.31. The summed E-state index contributed by atoms with van der Waals surface area (Å²) >= 11 is 1.22. The zero-order valence-electron chi connectivity index (χ0n) is 11.4. The summed E-state index contributed by atoms with van der Waals surface area (Å²) in [4.78, 5) is 4.36. The van der Waals surface area contributed by atoms with Crippen molar-refractivity contribution in [3.8, 4) is 11.4 Å². The highest BCUT2D eigenvalue weighted by Crippen LogP contribution is 2.40. The first-order chi connectivity index (χ1) is 10.1. The lowest BCUT2D eigenvalue weighted by Crippen LogP contribution is -2.27. The van der Waals surface area contributed by atoms with Crippen LogP contribution in [-0.2, 0) is 10.0 Å². The molecule has 1 aliphatic heterocycles. The predicted octanol–water partition coefficient (Wildman–Crippen LogP) is 2.46. The summed E-state index contributed by atoms with van der Waals surface area (Å²) in [5, 5.41) is 5.73. The van der Waals surface area contributed by atoms with E-state index in [1.807, 2.05) is 0 Å². The zero-order valence-corrected chi connectivity index (χ0v) is 13.0. The summed E-state index contributed by atoms with van der Waals surface area (Å²) in [6, 6.07) is 1.65. The molecule has 0 amide bonds. The van der Waals surface area contributed by atoms with Gasteiger partial charge in [-0.1, -0.05) is 5.16 Å². The Balaban J connectivity index is 1.62. The lowest BCUT2D eigenvalue weighted by molar-refractivity contribution is 0.380. The molecule has 2 aromatic rings. The Morgan fingerprint density at radius 1 is 1.29 bits per heavy atom. The molecule has 2 aromatic heterocycles. The standard InChI is InChI=1S/C13H15N3O3S2/c17-21(18,16-5-1-2-6-16)11-7-10(8-20-11)12-14-13(19-15-12)9-3-4-9/h7-9H,1-6H2. The van der Waals surface area contributed by atoms with E-state index in [9.17, 15) is 8.42 Å². The van der Waals surface area contributed by atoms with E-state index in [1.165, 1.54) is 11.3 Å². The first-order valence-corrected chi connectivity index (χ1v) is 9.39. The highest BCUT2D eigenvalue weighted by molar-refractivity contribution is 7.91. The number of aromatic nitrogens is 2. The number of nitrogens with zero attached hydrogens (tertiary/aromatic N) is 3. The van der Waals surface area contributed by atoms with Gasteiger partial charge in [-0.25, -0.2) is 8.42 Å². The molecule has 112 valence electrons. The molecule has 0 aromatic carbocycles. The summed E-state index contributed by atoms with van der Waals surface area (Å²) in [5.41, 5.74) is 0.716. The molecule has 0 bridgehead atoms. The Hall–Kier alpha value is -1.25. The maximum atomic E-state index is 12.5. The van der Waals surface area contributed by atoms with Gasteiger partial charge in [0.1, 0.15) is 4.21 Å². The molecule has 4 rings (SSSR count). The number of sulfonamides is 1. The van der Waals surface area contributed by atoms with Gasteiger partial charge >= 0.3 is 0 Å². The maximum absolute atomic E-state index is 12.5. The van der Waals surface area contributed by atoms with Gasteiger partial charge in [0, 0.05) is 30.0 Å². The van der Waals surface area contributed by atoms with Crippen molar-refractivity contribution in [2.75, 3.05) is 13.1 Å². The van der Waals surface area contributed by atoms with Crippen LogP contribution in [0.4, 0.5) is 0 Å². The molecule has 8 heteroatoms. The minimum atomic E-state index is -3.36. The quantitative estimate of drug-likeness (QED) is 0.863. The SMILES string of the molecule is O=S(=O)(c1cc(-c2noc(C3CC3)n2)cs1)N1CCCC1. The van der Waals surface area contributed by atoms with Crippen LogP contribution < -0.4 is 0 Å². The Morgan fingerprint density at radius 2 is 2.05 bits per heavy atom. The molecule has 0 radical (unpaired) electrons. The van der Waals surface area contributed by atoms with E-state index in [4.69, 9.17) is 4.52 Å². The van der Waals surface area contributed by atoms with E-state index in [0.717, 1.165) is 25.7 Å². The molecular formula is C13H15N3O3S2. The maximum Gasteiger partial charge on any atom is 0.252 e. The van der Waals surface area contributed by atoms with E-state index in [1.54, 1.807) is 15.8 Å². The van der Waals surface area contributed by atoms with Crippen LogP contribution in [0.1, 0.15) is 37.5 Å². The summed E-state index contributed by atoms with van der Waals surface area (Å²) in [6.07, 6.45) is 4.07. The van der Waals surface area contributed by atoms with Crippen LogP contribution in [0.15, 0.2) is 20.2 Å². The van der Waals surface area contributed by atoms with Crippen LogP contribution in [0, 0.1) is 0 Å². The molecule has 21 heavy (non-hydrogen) atoms. The van der Waals surface area contributed by atoms with Crippen molar-refractivity contribution < 1.29 is 12.9 Å². The van der Waals surface area contributed by atoms with Gasteiger partial charge in [-0.2, -0.15) is 9.29 Å². The van der Waals surface area contributed by atoms with E-state index in [2.05, 4.69) is 10.1 Å². The average molecular weight is 325 g/mol. The fourth-order valence-electron chi connectivity index (χ4n) is 2.47. The van der Waals surface area contributed by atoms with Crippen molar-refractivity contribution in [2.24, 2.45) is 0 Å². The Labute approximate surface area is 126 Å². The van der Waals surface area contributed by atoms with Gasteiger partial charge in [-0.3, -0.25) is 0 Å². The first-order valence-electron chi connectivity index (χ1n) is 7.07. The molecule has 1 aliphatic carbocycles. The second-order valence-electron chi connectivity index (χ2n) is 5.50. The lowest BCUT2D eigenvalue weighted by Gasteiger charge is -2.13. The Kier molecular flexibility index (Phi) is 3.13. The van der Waals surface area contributed by atoms with Crippen LogP contribution in [0.3, 0.4) is 0 Å². The normalized spacial score (nSPS) is 20.2.